The number of para-hydroxylation sites is 1. The fourth-order valence-electron chi connectivity index (χ4n) is 5.62. The van der Waals surface area contributed by atoms with Crippen molar-refractivity contribution in [1.29, 1.82) is 0 Å². The number of fused-ring (bicyclic) bond motifs is 1. The Morgan fingerprint density at radius 3 is 2.38 bits per heavy atom. The number of hydrogen-bond acceptors (Lipinski definition) is 9. The molecule has 10 nitrogen and oxygen atoms in total. The minimum absolute atomic E-state index is 0.0448. The molecule has 40 heavy (non-hydrogen) atoms. The van der Waals surface area contributed by atoms with E-state index in [2.05, 4.69) is 45.5 Å². The molecule has 11 heteroatoms. The molecule has 5 rings (SSSR count). The van der Waals surface area contributed by atoms with Crippen LogP contribution >= 0.6 is 0 Å². The van der Waals surface area contributed by atoms with Crippen molar-refractivity contribution in [3.8, 4) is 5.75 Å². The van der Waals surface area contributed by atoms with Gasteiger partial charge in [0.25, 0.3) is 0 Å². The Balaban J connectivity index is 1.41. The van der Waals surface area contributed by atoms with Crippen molar-refractivity contribution in [3.63, 3.8) is 0 Å². The second kappa shape index (κ2) is 11.0. The average Bonchev–Trinajstić information content (AvgIpc) is 3.30. The van der Waals surface area contributed by atoms with Crippen LogP contribution in [0.5, 0.6) is 5.75 Å². The summed E-state index contributed by atoms with van der Waals surface area (Å²) in [6, 6.07) is 8.80. The van der Waals surface area contributed by atoms with E-state index in [9.17, 15) is 13.2 Å². The molecular formula is C29H36N6O4S. The van der Waals surface area contributed by atoms with Crippen molar-refractivity contribution in [1.82, 2.24) is 19.9 Å². The van der Waals surface area contributed by atoms with Crippen LogP contribution in [-0.4, -0.2) is 58.6 Å². The molecule has 1 fully saturated rings. The zero-order valence-corrected chi connectivity index (χ0v) is 24.4. The van der Waals surface area contributed by atoms with Crippen LogP contribution in [0.25, 0.3) is 0 Å². The quantitative estimate of drug-likeness (QED) is 0.412. The van der Waals surface area contributed by atoms with Crippen LogP contribution in [0.15, 0.2) is 41.6 Å². The number of nitrogens with zero attached hydrogens (tertiary/aromatic N) is 4. The van der Waals surface area contributed by atoms with Crippen molar-refractivity contribution < 1.29 is 17.9 Å². The second-order valence-corrected chi connectivity index (χ2v) is 13.3. The predicted octanol–water partition coefficient (Wildman–Crippen LogP) is 4.90. The fourth-order valence-corrected chi connectivity index (χ4v) is 6.83. The van der Waals surface area contributed by atoms with Crippen LogP contribution in [0.1, 0.15) is 63.1 Å². The normalized spacial score (nSPS) is 17.4. The molecule has 3 aromatic rings. The smallest absolute Gasteiger partial charge is 0.232 e. The number of rotatable bonds is 7. The molecule has 3 heterocycles. The maximum Gasteiger partial charge on any atom is 0.232 e. The SMILES string of the molecule is CC(=O)N1CCC(c2c(C)cc(Nc3ncnc(Nc4ccccc4S(=O)(=O)C(C)C)n3)c3c2C[C@@H](C)O3)CC1. The molecule has 2 aliphatic heterocycles. The molecule has 0 unspecified atom stereocenters. The second-order valence-electron chi connectivity index (χ2n) is 10.8. The van der Waals surface area contributed by atoms with E-state index in [0.29, 0.717) is 17.6 Å². The number of ether oxygens (including phenoxy) is 1. The topological polar surface area (TPSA) is 126 Å². The van der Waals surface area contributed by atoms with Gasteiger partial charge in [0.1, 0.15) is 18.2 Å². The molecule has 0 bridgehead atoms. The lowest BCUT2D eigenvalue weighted by atomic mass is 9.82. The number of amides is 1. The molecule has 1 aromatic heterocycles. The molecule has 1 amide bonds. The molecule has 2 aliphatic rings. The Kier molecular flexibility index (Phi) is 7.67. The number of carbonyl (C=O) groups is 1. The van der Waals surface area contributed by atoms with Gasteiger partial charge < -0.3 is 20.3 Å². The number of piperidine rings is 1. The van der Waals surface area contributed by atoms with E-state index in [-0.39, 0.29) is 22.9 Å². The van der Waals surface area contributed by atoms with E-state index in [1.54, 1.807) is 45.0 Å². The Morgan fingerprint density at radius 1 is 1.07 bits per heavy atom. The van der Waals surface area contributed by atoms with E-state index in [1.165, 1.54) is 23.0 Å². The van der Waals surface area contributed by atoms with Crippen molar-refractivity contribution in [2.45, 2.75) is 76.0 Å². The van der Waals surface area contributed by atoms with Gasteiger partial charge in [-0.3, -0.25) is 4.79 Å². The molecule has 0 spiro atoms. The number of benzene rings is 2. The van der Waals surface area contributed by atoms with E-state index < -0.39 is 15.1 Å². The highest BCUT2D eigenvalue weighted by molar-refractivity contribution is 7.92. The van der Waals surface area contributed by atoms with E-state index in [4.69, 9.17) is 4.74 Å². The van der Waals surface area contributed by atoms with Gasteiger partial charge in [-0.2, -0.15) is 4.98 Å². The molecule has 0 saturated carbocycles. The third-order valence-corrected chi connectivity index (χ3v) is 9.88. The summed E-state index contributed by atoms with van der Waals surface area (Å²) in [6.07, 6.45) is 4.11. The monoisotopic (exact) mass is 564 g/mol. The standard InChI is InChI=1S/C29H36N6O4S/c1-17(2)40(37,38)25-9-7-6-8-23(25)32-28-30-16-31-29(34-28)33-24-14-18(3)26(22-15-19(4)39-27(22)24)21-10-12-35(13-11-21)20(5)36/h6-9,14,16-17,19,21H,10-13,15H2,1-5H3,(H2,30,31,32,33,34)/t19-/m1/s1. The molecule has 212 valence electrons. The number of anilines is 4. The molecule has 1 atom stereocenters. The van der Waals surface area contributed by atoms with Gasteiger partial charge in [0.2, 0.25) is 17.8 Å². The van der Waals surface area contributed by atoms with Crippen LogP contribution in [0.3, 0.4) is 0 Å². The molecule has 2 N–H and O–H groups in total. The Bertz CT molecular complexity index is 1530. The van der Waals surface area contributed by atoms with Gasteiger partial charge in [-0.25, -0.2) is 18.4 Å². The first kappa shape index (κ1) is 27.8. The fraction of sp³-hybridized carbons (Fsp3) is 0.448. The number of likely N-dealkylation sites (tertiary alicyclic amines) is 1. The summed E-state index contributed by atoms with van der Waals surface area (Å²) in [5, 5.41) is 5.80. The van der Waals surface area contributed by atoms with Crippen molar-refractivity contribution >= 4 is 39.0 Å². The van der Waals surface area contributed by atoms with Crippen LogP contribution in [0.2, 0.25) is 0 Å². The lowest BCUT2D eigenvalue weighted by Crippen LogP contribution is -2.36. The number of carbonyl (C=O) groups excluding carboxylic acids is 1. The van der Waals surface area contributed by atoms with Crippen LogP contribution in [-0.2, 0) is 21.1 Å². The maximum atomic E-state index is 12.9. The first-order valence-corrected chi connectivity index (χ1v) is 15.2. The third-order valence-electron chi connectivity index (χ3n) is 7.67. The minimum Gasteiger partial charge on any atom is -0.488 e. The Labute approximate surface area is 235 Å². The highest BCUT2D eigenvalue weighted by Gasteiger charge is 2.32. The van der Waals surface area contributed by atoms with Gasteiger partial charge in [-0.15, -0.1) is 0 Å². The molecule has 0 radical (unpaired) electrons. The summed E-state index contributed by atoms with van der Waals surface area (Å²) in [5.74, 6) is 1.86. The van der Waals surface area contributed by atoms with Gasteiger partial charge in [-0.1, -0.05) is 12.1 Å². The number of hydrogen-bond donors (Lipinski definition) is 2. The zero-order chi connectivity index (χ0) is 28.6. The van der Waals surface area contributed by atoms with Crippen molar-refractivity contribution in [2.75, 3.05) is 23.7 Å². The lowest BCUT2D eigenvalue weighted by molar-refractivity contribution is -0.129. The lowest BCUT2D eigenvalue weighted by Gasteiger charge is -2.33. The van der Waals surface area contributed by atoms with Crippen molar-refractivity contribution in [2.24, 2.45) is 0 Å². The van der Waals surface area contributed by atoms with E-state index >= 15 is 0 Å². The number of aryl methyl sites for hydroxylation is 1. The van der Waals surface area contributed by atoms with E-state index in [0.717, 1.165) is 43.8 Å². The first-order valence-electron chi connectivity index (χ1n) is 13.7. The van der Waals surface area contributed by atoms with Crippen LogP contribution < -0.4 is 15.4 Å². The summed E-state index contributed by atoms with van der Waals surface area (Å²) in [5.41, 5.74) is 4.88. The largest absolute Gasteiger partial charge is 0.488 e. The average molecular weight is 565 g/mol. The minimum atomic E-state index is -3.51. The summed E-state index contributed by atoms with van der Waals surface area (Å²) < 4.78 is 32.0. The molecule has 1 saturated heterocycles. The summed E-state index contributed by atoms with van der Waals surface area (Å²) in [6.45, 7) is 10.7. The molecular weight excluding hydrogens is 528 g/mol. The summed E-state index contributed by atoms with van der Waals surface area (Å²) >= 11 is 0. The molecule has 2 aromatic carbocycles. The summed E-state index contributed by atoms with van der Waals surface area (Å²) in [4.78, 5) is 27.0. The van der Waals surface area contributed by atoms with Gasteiger partial charge in [0.05, 0.1) is 21.5 Å². The number of sulfone groups is 1. The maximum absolute atomic E-state index is 12.9. The van der Waals surface area contributed by atoms with Gasteiger partial charge in [0, 0.05) is 32.0 Å². The van der Waals surface area contributed by atoms with E-state index in [1.807, 2.05) is 4.90 Å². The third kappa shape index (κ3) is 5.47. The number of aromatic nitrogens is 3. The highest BCUT2D eigenvalue weighted by atomic mass is 32.2. The molecule has 0 aliphatic carbocycles. The Hall–Kier alpha value is -3.73. The van der Waals surface area contributed by atoms with Crippen LogP contribution in [0, 0.1) is 6.92 Å². The van der Waals surface area contributed by atoms with Crippen molar-refractivity contribution in [3.05, 3.63) is 53.3 Å². The Morgan fingerprint density at radius 2 is 1.73 bits per heavy atom. The first-order chi connectivity index (χ1) is 19.0. The predicted molar refractivity (Wildman–Crippen MR) is 154 cm³/mol. The van der Waals surface area contributed by atoms with Crippen LogP contribution in [0.4, 0.5) is 23.3 Å². The van der Waals surface area contributed by atoms with Gasteiger partial charge in [-0.05, 0) is 75.8 Å². The summed E-state index contributed by atoms with van der Waals surface area (Å²) in [7, 11) is -3.51. The number of nitrogens with one attached hydrogen (secondary N) is 2. The zero-order valence-electron chi connectivity index (χ0n) is 23.6. The van der Waals surface area contributed by atoms with Gasteiger partial charge in [0.15, 0.2) is 9.84 Å². The highest BCUT2D eigenvalue weighted by Crippen LogP contribution is 2.45. The van der Waals surface area contributed by atoms with Gasteiger partial charge >= 0.3 is 0 Å².